The number of aliphatic hydroxyl groups excluding tert-OH is 1. The number of hydrogen-bond donors (Lipinski definition) is 2. The highest BCUT2D eigenvalue weighted by atomic mass is 19.1. The summed E-state index contributed by atoms with van der Waals surface area (Å²) in [4.78, 5) is 20.1. The van der Waals surface area contributed by atoms with E-state index in [0.29, 0.717) is 11.8 Å². The summed E-state index contributed by atoms with van der Waals surface area (Å²) in [7, 11) is 1.00. The van der Waals surface area contributed by atoms with E-state index in [2.05, 4.69) is 6.92 Å². The predicted octanol–water partition coefficient (Wildman–Crippen LogP) is 5.15. The van der Waals surface area contributed by atoms with Gasteiger partial charge in [-0.2, -0.15) is 0 Å². The fourth-order valence-corrected chi connectivity index (χ4v) is 4.58. The van der Waals surface area contributed by atoms with Crippen molar-refractivity contribution in [1.29, 1.82) is 0 Å². The van der Waals surface area contributed by atoms with E-state index >= 15 is 0 Å². The van der Waals surface area contributed by atoms with Gasteiger partial charge in [0.2, 0.25) is 6.41 Å². The molecule has 1 amide bonds. The molecule has 33 heavy (non-hydrogen) atoms. The van der Waals surface area contributed by atoms with Gasteiger partial charge in [0.15, 0.2) is 0 Å². The largest absolute Gasteiger partial charge is 0.493 e. The lowest BCUT2D eigenvalue weighted by Crippen LogP contribution is -2.15. The quantitative estimate of drug-likeness (QED) is 0.541. The molecule has 3 aliphatic rings. The number of carboxylic acid groups (broad SMARTS) is 1. The molecule has 1 aromatic carbocycles. The van der Waals surface area contributed by atoms with E-state index < -0.39 is 0 Å². The van der Waals surface area contributed by atoms with Crippen LogP contribution in [-0.2, 0) is 9.59 Å². The fourth-order valence-electron chi connectivity index (χ4n) is 4.58. The summed E-state index contributed by atoms with van der Waals surface area (Å²) < 4.78 is 19.9. The topological polar surface area (TPSA) is 87.1 Å². The minimum atomic E-state index is -0.250. The highest BCUT2D eigenvalue weighted by Crippen LogP contribution is 2.45. The first-order valence-corrected chi connectivity index (χ1v) is 12.2. The van der Waals surface area contributed by atoms with E-state index in [9.17, 15) is 9.18 Å². The third-order valence-corrected chi connectivity index (χ3v) is 6.42. The Bertz CT molecular complexity index is 690. The van der Waals surface area contributed by atoms with Gasteiger partial charge in [-0.25, -0.2) is 4.39 Å². The zero-order chi connectivity index (χ0) is 24.6. The molecule has 3 fully saturated rings. The Morgan fingerprint density at radius 3 is 2.21 bits per heavy atom. The van der Waals surface area contributed by atoms with Crippen molar-refractivity contribution >= 4 is 12.9 Å². The van der Waals surface area contributed by atoms with Crippen molar-refractivity contribution in [2.75, 3.05) is 26.8 Å². The standard InChI is InChI=1S/C19H27FO.C5H9NO.CH2O2.CH4O/c1-3-4-14-5-6-15(10-14)12-21-19-11-18(20)13(2)9-17(19)16-7-8-16;7-5-6-3-1-2-4-6;2-1-3;1-2/h9,11,14-16H,3-8,10,12H2,1-2H3;5H,1-4H2;1H,(H,2,3);2H,1H3. The minimum absolute atomic E-state index is 0.135. The molecular formula is C26H42FNO5. The van der Waals surface area contributed by atoms with E-state index in [-0.39, 0.29) is 12.3 Å². The number of hydrogen-bond acceptors (Lipinski definition) is 4. The van der Waals surface area contributed by atoms with Gasteiger partial charge in [-0.1, -0.05) is 26.2 Å². The summed E-state index contributed by atoms with van der Waals surface area (Å²) in [5.41, 5.74) is 1.98. The number of aryl methyl sites for hydroxylation is 1. The van der Waals surface area contributed by atoms with Crippen LogP contribution in [0, 0.1) is 24.6 Å². The Balaban J connectivity index is 0.000000377. The van der Waals surface area contributed by atoms with Gasteiger partial charge < -0.3 is 19.8 Å². The van der Waals surface area contributed by atoms with Crippen molar-refractivity contribution < 1.29 is 28.9 Å². The first kappa shape index (κ1) is 28.9. The average molecular weight is 468 g/mol. The molecular weight excluding hydrogens is 425 g/mol. The molecule has 2 N–H and O–H groups in total. The summed E-state index contributed by atoms with van der Waals surface area (Å²) in [6, 6.07) is 3.61. The van der Waals surface area contributed by atoms with Crippen LogP contribution in [0.2, 0.25) is 0 Å². The van der Waals surface area contributed by atoms with Gasteiger partial charge in [0.1, 0.15) is 11.6 Å². The molecule has 1 heterocycles. The maximum absolute atomic E-state index is 13.8. The van der Waals surface area contributed by atoms with Crippen LogP contribution in [0.15, 0.2) is 12.1 Å². The number of benzene rings is 1. The predicted molar refractivity (Wildman–Crippen MR) is 128 cm³/mol. The van der Waals surface area contributed by atoms with Gasteiger partial charge in [-0.15, -0.1) is 0 Å². The van der Waals surface area contributed by atoms with Gasteiger partial charge in [0, 0.05) is 26.3 Å². The van der Waals surface area contributed by atoms with E-state index in [1.807, 2.05) is 13.0 Å². The van der Waals surface area contributed by atoms with Crippen LogP contribution in [0.5, 0.6) is 5.75 Å². The maximum Gasteiger partial charge on any atom is 0.290 e. The molecule has 0 radical (unpaired) electrons. The molecule has 4 rings (SSSR count). The average Bonchev–Trinajstić information content (AvgIpc) is 3.33. The molecule has 2 aliphatic carbocycles. The van der Waals surface area contributed by atoms with Crippen molar-refractivity contribution in [3.8, 4) is 5.75 Å². The molecule has 0 spiro atoms. The molecule has 6 nitrogen and oxygen atoms in total. The van der Waals surface area contributed by atoms with Crippen LogP contribution in [0.25, 0.3) is 0 Å². The molecule has 2 atom stereocenters. The SMILES string of the molecule is CCCC1CCC(COc2cc(F)c(C)cc2C2CC2)C1.CO.O=CN1CCCC1.O=CO. The van der Waals surface area contributed by atoms with Crippen LogP contribution in [-0.4, -0.2) is 54.8 Å². The first-order chi connectivity index (χ1) is 16.0. The molecule has 0 bridgehead atoms. The lowest BCUT2D eigenvalue weighted by atomic mass is 10.0. The van der Waals surface area contributed by atoms with Gasteiger partial charge in [-0.3, -0.25) is 9.59 Å². The molecule has 188 valence electrons. The highest BCUT2D eigenvalue weighted by molar-refractivity contribution is 5.47. The van der Waals surface area contributed by atoms with E-state index in [0.717, 1.165) is 50.4 Å². The summed E-state index contributed by atoms with van der Waals surface area (Å²) in [6.07, 6.45) is 12.3. The van der Waals surface area contributed by atoms with Crippen LogP contribution in [0.4, 0.5) is 4.39 Å². The van der Waals surface area contributed by atoms with Crippen molar-refractivity contribution in [3.63, 3.8) is 0 Å². The molecule has 1 aliphatic heterocycles. The number of carbonyl (C=O) groups excluding carboxylic acids is 1. The number of aliphatic hydroxyl groups is 1. The third-order valence-electron chi connectivity index (χ3n) is 6.42. The second-order valence-corrected chi connectivity index (χ2v) is 9.01. The Hall–Kier alpha value is -2.15. The van der Waals surface area contributed by atoms with Crippen LogP contribution in [0.1, 0.15) is 81.8 Å². The number of nitrogens with zero attached hydrogens (tertiary/aromatic N) is 1. The Morgan fingerprint density at radius 2 is 1.70 bits per heavy atom. The molecule has 1 aromatic rings. The first-order valence-electron chi connectivity index (χ1n) is 12.2. The van der Waals surface area contributed by atoms with Crippen molar-refractivity contribution in [2.45, 2.75) is 77.6 Å². The molecule has 0 aromatic heterocycles. The Labute approximate surface area is 198 Å². The second kappa shape index (κ2) is 16.5. The lowest BCUT2D eigenvalue weighted by Gasteiger charge is -2.16. The monoisotopic (exact) mass is 467 g/mol. The van der Waals surface area contributed by atoms with Crippen molar-refractivity contribution in [2.24, 2.45) is 11.8 Å². The normalized spacial score (nSPS) is 20.9. The van der Waals surface area contributed by atoms with Crippen LogP contribution < -0.4 is 4.74 Å². The zero-order valence-electron chi connectivity index (χ0n) is 20.5. The van der Waals surface area contributed by atoms with Crippen LogP contribution in [0.3, 0.4) is 0 Å². The summed E-state index contributed by atoms with van der Waals surface area (Å²) >= 11 is 0. The van der Waals surface area contributed by atoms with Gasteiger partial charge in [-0.05, 0) is 80.4 Å². The maximum atomic E-state index is 13.8. The smallest absolute Gasteiger partial charge is 0.290 e. The van der Waals surface area contributed by atoms with E-state index in [1.54, 1.807) is 11.0 Å². The highest BCUT2D eigenvalue weighted by Gasteiger charge is 2.29. The molecule has 2 unspecified atom stereocenters. The second-order valence-electron chi connectivity index (χ2n) is 9.01. The number of amides is 1. The van der Waals surface area contributed by atoms with E-state index in [1.165, 1.54) is 63.4 Å². The van der Waals surface area contributed by atoms with Crippen molar-refractivity contribution in [1.82, 2.24) is 4.90 Å². The van der Waals surface area contributed by atoms with E-state index in [4.69, 9.17) is 19.7 Å². The number of rotatable bonds is 7. The fraction of sp³-hybridized carbons (Fsp3) is 0.692. The molecule has 7 heteroatoms. The number of carbonyl (C=O) groups is 2. The van der Waals surface area contributed by atoms with Crippen LogP contribution >= 0.6 is 0 Å². The number of ether oxygens (including phenoxy) is 1. The van der Waals surface area contributed by atoms with Gasteiger partial charge in [0.05, 0.1) is 6.61 Å². The Kier molecular flexibility index (Phi) is 14.4. The summed E-state index contributed by atoms with van der Waals surface area (Å²) in [5, 5.41) is 13.9. The third kappa shape index (κ3) is 10.5. The number of likely N-dealkylation sites (tertiary alicyclic amines) is 1. The van der Waals surface area contributed by atoms with Gasteiger partial charge in [0.25, 0.3) is 6.47 Å². The Morgan fingerprint density at radius 1 is 1.09 bits per heavy atom. The minimum Gasteiger partial charge on any atom is -0.493 e. The number of halogens is 1. The van der Waals surface area contributed by atoms with Crippen molar-refractivity contribution in [3.05, 3.63) is 29.1 Å². The molecule has 2 saturated carbocycles. The summed E-state index contributed by atoms with van der Waals surface area (Å²) in [6.45, 7) is 6.58. The zero-order valence-corrected chi connectivity index (χ0v) is 20.5. The lowest BCUT2D eigenvalue weighted by molar-refractivity contribution is -0.123. The summed E-state index contributed by atoms with van der Waals surface area (Å²) in [5.74, 6) is 2.83. The molecule has 1 saturated heterocycles. The van der Waals surface area contributed by atoms with Gasteiger partial charge >= 0.3 is 0 Å².